The zero-order chi connectivity index (χ0) is 16.1. The van der Waals surface area contributed by atoms with Crippen LogP contribution in [0.1, 0.15) is 31.4 Å². The molecule has 1 aliphatic carbocycles. The first kappa shape index (κ1) is 16.5. The van der Waals surface area contributed by atoms with E-state index in [0.29, 0.717) is 23.0 Å². The number of hydrogen-bond acceptors (Lipinski definition) is 4. The fourth-order valence-corrected chi connectivity index (χ4v) is 2.28. The van der Waals surface area contributed by atoms with E-state index < -0.39 is 11.9 Å². The molecule has 122 valence electrons. The Kier molecular flexibility index (Phi) is 5.60. The van der Waals surface area contributed by atoms with Crippen LogP contribution < -0.4 is 20.1 Å². The number of methoxy groups -OCH3 is 2. The number of ether oxygens (including phenoxy) is 2. The maximum Gasteiger partial charge on any atom is 0.234 e. The molecular formula is C16H23FN2O3. The number of amides is 1. The van der Waals surface area contributed by atoms with Gasteiger partial charge in [0.05, 0.1) is 26.8 Å². The molecule has 2 N–H and O–H groups in total. The van der Waals surface area contributed by atoms with Gasteiger partial charge in [-0.1, -0.05) is 0 Å². The standard InChI is InChI=1S/C16H23FN2O3/c1-10(19-16(20)9-18-8-11-4-5-11)12-6-14(21-2)15(22-3)7-13(12)17/h6-7,10-11,18H,4-5,8-9H2,1-3H3,(H,19,20). The van der Waals surface area contributed by atoms with Gasteiger partial charge in [-0.15, -0.1) is 0 Å². The van der Waals surface area contributed by atoms with Crippen molar-refractivity contribution in [3.8, 4) is 11.5 Å². The van der Waals surface area contributed by atoms with Gasteiger partial charge in [-0.2, -0.15) is 0 Å². The van der Waals surface area contributed by atoms with Crippen molar-refractivity contribution >= 4 is 5.91 Å². The van der Waals surface area contributed by atoms with E-state index in [4.69, 9.17) is 9.47 Å². The van der Waals surface area contributed by atoms with Crippen LogP contribution in [0.2, 0.25) is 0 Å². The highest BCUT2D eigenvalue weighted by atomic mass is 19.1. The van der Waals surface area contributed by atoms with Gasteiger partial charge < -0.3 is 20.1 Å². The fraction of sp³-hybridized carbons (Fsp3) is 0.562. The Labute approximate surface area is 130 Å². The fourth-order valence-electron chi connectivity index (χ4n) is 2.28. The van der Waals surface area contributed by atoms with Crippen LogP contribution in [0.4, 0.5) is 4.39 Å². The van der Waals surface area contributed by atoms with E-state index in [0.717, 1.165) is 6.54 Å². The lowest BCUT2D eigenvalue weighted by Gasteiger charge is -2.17. The molecule has 1 unspecified atom stereocenters. The number of hydrogen-bond donors (Lipinski definition) is 2. The van der Waals surface area contributed by atoms with Crippen molar-refractivity contribution in [1.82, 2.24) is 10.6 Å². The molecule has 0 aromatic heterocycles. The lowest BCUT2D eigenvalue weighted by Crippen LogP contribution is -2.36. The molecule has 0 spiro atoms. The molecule has 1 aliphatic rings. The third-order valence-corrected chi connectivity index (χ3v) is 3.76. The summed E-state index contributed by atoms with van der Waals surface area (Å²) in [5, 5.41) is 5.89. The first-order valence-corrected chi connectivity index (χ1v) is 7.46. The SMILES string of the molecule is COc1cc(F)c(C(C)NC(=O)CNCC2CC2)cc1OC. The highest BCUT2D eigenvalue weighted by Gasteiger charge is 2.21. The van der Waals surface area contributed by atoms with E-state index in [1.165, 1.54) is 33.1 Å². The van der Waals surface area contributed by atoms with E-state index in [1.807, 2.05) is 0 Å². The van der Waals surface area contributed by atoms with Crippen molar-refractivity contribution in [3.05, 3.63) is 23.5 Å². The monoisotopic (exact) mass is 310 g/mol. The summed E-state index contributed by atoms with van der Waals surface area (Å²) >= 11 is 0. The van der Waals surface area contributed by atoms with Gasteiger partial charge in [-0.3, -0.25) is 4.79 Å². The van der Waals surface area contributed by atoms with Gasteiger partial charge in [0.1, 0.15) is 5.82 Å². The summed E-state index contributed by atoms with van der Waals surface area (Å²) in [4.78, 5) is 11.9. The number of benzene rings is 1. The van der Waals surface area contributed by atoms with Crippen LogP contribution in [0.15, 0.2) is 12.1 Å². The third-order valence-electron chi connectivity index (χ3n) is 3.76. The summed E-state index contributed by atoms with van der Waals surface area (Å²) in [5.41, 5.74) is 0.369. The maximum absolute atomic E-state index is 14.1. The molecule has 0 saturated heterocycles. The molecule has 6 heteroatoms. The molecule has 5 nitrogen and oxygen atoms in total. The minimum atomic E-state index is -0.449. The number of rotatable bonds is 8. The van der Waals surface area contributed by atoms with E-state index >= 15 is 0 Å². The van der Waals surface area contributed by atoms with Crippen LogP contribution in [-0.4, -0.2) is 33.2 Å². The molecule has 0 heterocycles. The second-order valence-corrected chi connectivity index (χ2v) is 5.59. The zero-order valence-corrected chi connectivity index (χ0v) is 13.2. The molecule has 0 aliphatic heterocycles. The van der Waals surface area contributed by atoms with Crippen molar-refractivity contribution in [2.45, 2.75) is 25.8 Å². The third kappa shape index (κ3) is 4.34. The number of nitrogens with one attached hydrogen (secondary N) is 2. The lowest BCUT2D eigenvalue weighted by atomic mass is 10.1. The zero-order valence-electron chi connectivity index (χ0n) is 13.2. The predicted octanol–water partition coefficient (Wildman–Crippen LogP) is 2.02. The Hall–Kier alpha value is -1.82. The minimum Gasteiger partial charge on any atom is -0.493 e. The van der Waals surface area contributed by atoms with Gasteiger partial charge in [0.15, 0.2) is 11.5 Å². The Balaban J connectivity index is 1.95. The van der Waals surface area contributed by atoms with E-state index in [1.54, 1.807) is 13.0 Å². The molecular weight excluding hydrogens is 287 g/mol. The largest absolute Gasteiger partial charge is 0.493 e. The van der Waals surface area contributed by atoms with Gasteiger partial charge >= 0.3 is 0 Å². The molecule has 0 radical (unpaired) electrons. The van der Waals surface area contributed by atoms with Gasteiger partial charge in [0.25, 0.3) is 0 Å². The number of carbonyl (C=O) groups excluding carboxylic acids is 1. The summed E-state index contributed by atoms with van der Waals surface area (Å²) in [6.45, 7) is 2.85. The Morgan fingerprint density at radius 2 is 1.95 bits per heavy atom. The summed E-state index contributed by atoms with van der Waals surface area (Å²) in [7, 11) is 2.94. The molecule has 1 aromatic carbocycles. The first-order chi connectivity index (χ1) is 10.5. The van der Waals surface area contributed by atoms with Crippen LogP contribution in [-0.2, 0) is 4.79 Å². The topological polar surface area (TPSA) is 59.6 Å². The van der Waals surface area contributed by atoms with Crippen LogP contribution >= 0.6 is 0 Å². The molecule has 1 atom stereocenters. The van der Waals surface area contributed by atoms with Gasteiger partial charge in [0, 0.05) is 11.6 Å². The second-order valence-electron chi connectivity index (χ2n) is 5.59. The van der Waals surface area contributed by atoms with Gasteiger partial charge in [-0.25, -0.2) is 4.39 Å². The second kappa shape index (κ2) is 7.45. The quantitative estimate of drug-likeness (QED) is 0.771. The normalized spacial score (nSPS) is 15.3. The van der Waals surface area contributed by atoms with Crippen molar-refractivity contribution < 1.29 is 18.7 Å². The summed E-state index contributed by atoms with van der Waals surface area (Å²) in [5.74, 6) is 0.896. The van der Waals surface area contributed by atoms with Gasteiger partial charge in [-0.05, 0) is 38.3 Å². The first-order valence-electron chi connectivity index (χ1n) is 7.46. The van der Waals surface area contributed by atoms with Crippen molar-refractivity contribution in [2.75, 3.05) is 27.3 Å². The summed E-state index contributed by atoms with van der Waals surface area (Å²) in [6.07, 6.45) is 2.48. The minimum absolute atomic E-state index is 0.151. The van der Waals surface area contributed by atoms with E-state index in [-0.39, 0.29) is 12.5 Å². The van der Waals surface area contributed by atoms with Crippen LogP contribution in [0.3, 0.4) is 0 Å². The molecule has 1 saturated carbocycles. The number of halogens is 1. The average molecular weight is 310 g/mol. The highest BCUT2D eigenvalue weighted by molar-refractivity contribution is 5.78. The van der Waals surface area contributed by atoms with E-state index in [9.17, 15) is 9.18 Å². The van der Waals surface area contributed by atoms with Crippen LogP contribution in [0.5, 0.6) is 11.5 Å². The van der Waals surface area contributed by atoms with Gasteiger partial charge in [0.2, 0.25) is 5.91 Å². The Bertz CT molecular complexity index is 532. The number of carbonyl (C=O) groups is 1. The van der Waals surface area contributed by atoms with Crippen LogP contribution in [0, 0.1) is 11.7 Å². The average Bonchev–Trinajstić information content (AvgIpc) is 3.30. The predicted molar refractivity (Wildman–Crippen MR) is 81.7 cm³/mol. The van der Waals surface area contributed by atoms with Crippen molar-refractivity contribution in [2.24, 2.45) is 5.92 Å². The summed E-state index contributed by atoms with van der Waals surface area (Å²) < 4.78 is 24.3. The van der Waals surface area contributed by atoms with E-state index in [2.05, 4.69) is 10.6 Å². The Morgan fingerprint density at radius 3 is 2.55 bits per heavy atom. The highest BCUT2D eigenvalue weighted by Crippen LogP contribution is 2.32. The van der Waals surface area contributed by atoms with Crippen molar-refractivity contribution in [3.63, 3.8) is 0 Å². The molecule has 0 bridgehead atoms. The molecule has 1 amide bonds. The van der Waals surface area contributed by atoms with Crippen LogP contribution in [0.25, 0.3) is 0 Å². The maximum atomic E-state index is 14.1. The lowest BCUT2D eigenvalue weighted by molar-refractivity contribution is -0.120. The molecule has 1 fully saturated rings. The molecule has 22 heavy (non-hydrogen) atoms. The summed E-state index contributed by atoms with van der Waals surface area (Å²) in [6, 6.07) is 2.37. The Morgan fingerprint density at radius 1 is 1.32 bits per heavy atom. The molecule has 2 rings (SSSR count). The van der Waals surface area contributed by atoms with Crippen molar-refractivity contribution in [1.29, 1.82) is 0 Å². The smallest absolute Gasteiger partial charge is 0.234 e. The molecule has 1 aromatic rings.